The van der Waals surface area contributed by atoms with E-state index in [-0.39, 0.29) is 23.6 Å². The first kappa shape index (κ1) is 26.2. The number of thioether (sulfide) groups is 2. The standard InChI is InChI=1S/C22H37N3O4S2/c1-2-30-15-11-9-7-5-3-4-6-8-10-12-19(27)23-18-13-14-25(22(28)24-18)20-17-31-21(16-26)29-20/h13-14,20-21,26H,2-12,15-17H2,1H3,(H,23,24,27,28)/p+1/t20-,21+/m0/s1. The van der Waals surface area contributed by atoms with E-state index >= 15 is 0 Å². The fraction of sp³-hybridized carbons (Fsp3) is 0.773. The maximum absolute atomic E-state index is 12.3. The van der Waals surface area contributed by atoms with Gasteiger partial charge in [-0.3, -0.25) is 10.1 Å². The van der Waals surface area contributed by atoms with Crippen LogP contribution in [-0.4, -0.2) is 45.3 Å². The number of rotatable bonds is 16. The predicted octanol–water partition coefficient (Wildman–Crippen LogP) is 3.84. The van der Waals surface area contributed by atoms with Crippen molar-refractivity contribution in [3.8, 4) is 0 Å². The lowest BCUT2D eigenvalue weighted by molar-refractivity contribution is -0.770. The molecule has 1 aromatic rings. The minimum Gasteiger partial charge on any atom is -0.393 e. The quantitative estimate of drug-likeness (QED) is 0.250. The monoisotopic (exact) mass is 472 g/mol. The molecule has 0 bridgehead atoms. The van der Waals surface area contributed by atoms with Gasteiger partial charge in [-0.1, -0.05) is 51.9 Å². The van der Waals surface area contributed by atoms with Gasteiger partial charge >= 0.3 is 5.69 Å². The number of hydrogen-bond acceptors (Lipinski definition) is 6. The second kappa shape index (κ2) is 15.7. The molecule has 1 amide bonds. The Hall–Kier alpha value is -1.03. The highest BCUT2D eigenvalue weighted by atomic mass is 32.2. The van der Waals surface area contributed by atoms with Gasteiger partial charge in [-0.2, -0.15) is 26.1 Å². The fourth-order valence-corrected chi connectivity index (χ4v) is 5.14. The number of H-pyrrole nitrogens is 1. The van der Waals surface area contributed by atoms with Crippen LogP contribution < -0.4 is 15.6 Å². The van der Waals surface area contributed by atoms with Crippen molar-refractivity contribution < 1.29 is 19.2 Å². The van der Waals surface area contributed by atoms with Crippen LogP contribution in [-0.2, 0) is 9.53 Å². The Kier molecular flexibility index (Phi) is 13.3. The lowest BCUT2D eigenvalue weighted by Gasteiger charge is -2.08. The third-order valence-electron chi connectivity index (χ3n) is 5.24. The van der Waals surface area contributed by atoms with E-state index in [1.165, 1.54) is 72.8 Å². The molecule has 0 radical (unpaired) electrons. The first-order valence-electron chi connectivity index (χ1n) is 11.5. The SMILES string of the molecule is CCSCCCCCCCCCCCC(=O)Nc1cc[n+]([C@@H]2CS[C@H](CO)O2)c(=O)[nH]1. The van der Waals surface area contributed by atoms with E-state index in [0.29, 0.717) is 18.0 Å². The van der Waals surface area contributed by atoms with Crippen LogP contribution in [0.4, 0.5) is 5.82 Å². The van der Waals surface area contributed by atoms with E-state index in [1.807, 2.05) is 11.8 Å². The number of aliphatic hydroxyl groups is 1. The van der Waals surface area contributed by atoms with Crippen LogP contribution in [0, 0.1) is 0 Å². The second-order valence-electron chi connectivity index (χ2n) is 7.78. The zero-order valence-corrected chi connectivity index (χ0v) is 20.3. The molecule has 7 nitrogen and oxygen atoms in total. The van der Waals surface area contributed by atoms with Gasteiger partial charge in [-0.05, 0) is 24.3 Å². The smallest absolute Gasteiger partial charge is 0.393 e. The number of ether oxygens (including phenoxy) is 1. The van der Waals surface area contributed by atoms with Gasteiger partial charge in [-0.15, -0.1) is 11.8 Å². The zero-order valence-electron chi connectivity index (χ0n) is 18.6. The number of aliphatic hydroxyl groups excluding tert-OH is 1. The maximum atomic E-state index is 12.3. The number of nitrogens with one attached hydrogen (secondary N) is 2. The number of carbonyl (C=O) groups excluding carboxylic acids is 1. The van der Waals surface area contributed by atoms with Crippen molar-refractivity contribution in [1.29, 1.82) is 0 Å². The van der Waals surface area contributed by atoms with Gasteiger partial charge in [0.25, 0.3) is 0 Å². The minimum atomic E-state index is -0.407. The summed E-state index contributed by atoms with van der Waals surface area (Å²) in [5, 5.41) is 11.9. The van der Waals surface area contributed by atoms with Crippen LogP contribution in [0.1, 0.15) is 77.4 Å². The summed E-state index contributed by atoms with van der Waals surface area (Å²) in [4.78, 5) is 27.1. The first-order valence-corrected chi connectivity index (χ1v) is 13.7. The largest absolute Gasteiger partial charge is 0.499 e. The number of anilines is 1. The van der Waals surface area contributed by atoms with Crippen LogP contribution in [0.5, 0.6) is 0 Å². The summed E-state index contributed by atoms with van der Waals surface area (Å²) in [6.07, 6.45) is 12.7. The second-order valence-corrected chi connectivity index (χ2v) is 10.4. The number of aromatic amines is 1. The molecule has 9 heteroatoms. The molecule has 1 aromatic heterocycles. The fourth-order valence-electron chi connectivity index (χ4n) is 3.51. The van der Waals surface area contributed by atoms with E-state index in [9.17, 15) is 9.59 Å². The maximum Gasteiger partial charge on any atom is 0.499 e. The molecule has 0 saturated carbocycles. The molecule has 0 aromatic carbocycles. The van der Waals surface area contributed by atoms with E-state index < -0.39 is 6.23 Å². The average molecular weight is 473 g/mol. The number of carbonyl (C=O) groups is 1. The van der Waals surface area contributed by atoms with E-state index in [4.69, 9.17) is 9.84 Å². The summed E-state index contributed by atoms with van der Waals surface area (Å²) in [5.41, 5.74) is -0.642. The molecule has 2 rings (SSSR count). The molecule has 1 aliphatic heterocycles. The number of nitrogens with zero attached hydrogens (tertiary/aromatic N) is 1. The number of amides is 1. The summed E-state index contributed by atoms with van der Waals surface area (Å²) < 4.78 is 7.04. The topological polar surface area (TPSA) is 95.3 Å². The summed E-state index contributed by atoms with van der Waals surface area (Å²) in [7, 11) is 0. The van der Waals surface area contributed by atoms with Crippen molar-refractivity contribution in [2.75, 3.05) is 29.2 Å². The minimum absolute atomic E-state index is 0.0772. The molecule has 1 saturated heterocycles. The Bertz CT molecular complexity index is 702. The van der Waals surface area contributed by atoms with Crippen LogP contribution >= 0.6 is 23.5 Å². The van der Waals surface area contributed by atoms with Crippen molar-refractivity contribution in [1.82, 2.24) is 4.98 Å². The van der Waals surface area contributed by atoms with Gasteiger partial charge in [0.1, 0.15) is 11.6 Å². The Morgan fingerprint density at radius 3 is 2.52 bits per heavy atom. The average Bonchev–Trinajstić information content (AvgIpc) is 3.23. The van der Waals surface area contributed by atoms with E-state index in [1.54, 1.807) is 12.3 Å². The van der Waals surface area contributed by atoms with Gasteiger partial charge in [0, 0.05) is 12.5 Å². The molecule has 2 atom stereocenters. The molecule has 0 spiro atoms. The van der Waals surface area contributed by atoms with E-state index in [0.717, 1.165) is 12.8 Å². The number of hydrogen-bond donors (Lipinski definition) is 3. The lowest BCUT2D eigenvalue weighted by atomic mass is 10.1. The Balaban J connectivity index is 1.54. The third-order valence-corrected chi connectivity index (χ3v) is 7.34. The van der Waals surface area contributed by atoms with Crippen molar-refractivity contribution in [3.63, 3.8) is 0 Å². The van der Waals surface area contributed by atoms with Crippen molar-refractivity contribution in [2.24, 2.45) is 0 Å². The zero-order chi connectivity index (χ0) is 22.3. The molecule has 3 N–H and O–H groups in total. The van der Waals surface area contributed by atoms with Gasteiger partial charge in [0.15, 0.2) is 0 Å². The first-order chi connectivity index (χ1) is 15.1. The Morgan fingerprint density at radius 2 is 1.90 bits per heavy atom. The van der Waals surface area contributed by atoms with Crippen molar-refractivity contribution in [3.05, 3.63) is 22.7 Å². The molecule has 2 heterocycles. The van der Waals surface area contributed by atoms with Crippen LogP contribution in [0.3, 0.4) is 0 Å². The summed E-state index contributed by atoms with van der Waals surface area (Å²) >= 11 is 3.50. The van der Waals surface area contributed by atoms with Gasteiger partial charge < -0.3 is 9.84 Å². The molecule has 1 fully saturated rings. The Labute approximate surface area is 194 Å². The normalized spacial score (nSPS) is 18.4. The summed E-state index contributed by atoms with van der Waals surface area (Å²) in [6.45, 7) is 2.14. The molecule has 31 heavy (non-hydrogen) atoms. The third kappa shape index (κ3) is 10.4. The molecular formula is C22H38N3O4S2+. The van der Waals surface area contributed by atoms with Crippen LogP contribution in [0.15, 0.2) is 17.1 Å². The number of aromatic nitrogens is 2. The summed E-state index contributed by atoms with van der Waals surface area (Å²) in [6, 6.07) is 1.67. The molecule has 0 aliphatic carbocycles. The van der Waals surface area contributed by atoms with Crippen LogP contribution in [0.25, 0.3) is 0 Å². The summed E-state index contributed by atoms with van der Waals surface area (Å²) in [5.74, 6) is 3.44. The highest BCUT2D eigenvalue weighted by Gasteiger charge is 2.31. The lowest BCUT2D eigenvalue weighted by Crippen LogP contribution is -2.55. The molecule has 1 aliphatic rings. The van der Waals surface area contributed by atoms with E-state index in [2.05, 4.69) is 17.2 Å². The highest BCUT2D eigenvalue weighted by molar-refractivity contribution is 8.00. The van der Waals surface area contributed by atoms with Crippen LogP contribution in [0.2, 0.25) is 0 Å². The van der Waals surface area contributed by atoms with Gasteiger partial charge in [-0.25, -0.2) is 0 Å². The number of unbranched alkanes of at least 4 members (excludes halogenated alkanes) is 8. The molecule has 176 valence electrons. The van der Waals surface area contributed by atoms with Gasteiger partial charge in [0.2, 0.25) is 18.0 Å². The predicted molar refractivity (Wildman–Crippen MR) is 129 cm³/mol. The van der Waals surface area contributed by atoms with Crippen molar-refractivity contribution >= 4 is 35.2 Å². The molecule has 0 unspecified atom stereocenters. The molecular weight excluding hydrogens is 434 g/mol. The Morgan fingerprint density at radius 1 is 1.23 bits per heavy atom. The van der Waals surface area contributed by atoms with Gasteiger partial charge in [0.05, 0.1) is 12.4 Å². The van der Waals surface area contributed by atoms with Crippen molar-refractivity contribution in [2.45, 2.75) is 82.8 Å². The highest BCUT2D eigenvalue weighted by Crippen LogP contribution is 2.27.